The highest BCUT2D eigenvalue weighted by Crippen LogP contribution is 2.07. The maximum Gasteiger partial charge on any atom is 0.220 e. The van der Waals surface area contributed by atoms with Gasteiger partial charge in [-0.25, -0.2) is 0 Å². The number of carbonyl (C=O) groups is 1. The number of aromatic nitrogens is 4. The average Bonchev–Trinajstić information content (AvgIpc) is 2.98. The Kier molecular flexibility index (Phi) is 4.40. The summed E-state index contributed by atoms with van der Waals surface area (Å²) in [5.74, 6) is 0.0532. The van der Waals surface area contributed by atoms with Crippen molar-refractivity contribution in [2.75, 3.05) is 6.54 Å². The van der Waals surface area contributed by atoms with Crippen molar-refractivity contribution in [2.24, 2.45) is 0 Å². The fourth-order valence-electron chi connectivity index (χ4n) is 1.51. The molecule has 2 aromatic heterocycles. The first-order valence-electron chi connectivity index (χ1n) is 5.77. The summed E-state index contributed by atoms with van der Waals surface area (Å²) in [5, 5.41) is 19.3. The van der Waals surface area contributed by atoms with Gasteiger partial charge in [-0.1, -0.05) is 0 Å². The summed E-state index contributed by atoms with van der Waals surface area (Å²) in [6.07, 6.45) is 5.46. The van der Waals surface area contributed by atoms with Gasteiger partial charge in [-0.2, -0.15) is 5.10 Å². The van der Waals surface area contributed by atoms with E-state index in [-0.39, 0.29) is 5.91 Å². The summed E-state index contributed by atoms with van der Waals surface area (Å²) >= 11 is 1.56. The van der Waals surface area contributed by atoms with Gasteiger partial charge in [0, 0.05) is 25.6 Å². The van der Waals surface area contributed by atoms with Crippen LogP contribution in [0.5, 0.6) is 0 Å². The van der Waals surface area contributed by atoms with Gasteiger partial charge in [-0.15, -0.1) is 21.5 Å². The molecular weight excluding hydrogens is 250 g/mol. The summed E-state index contributed by atoms with van der Waals surface area (Å²) in [6.45, 7) is 2.53. The summed E-state index contributed by atoms with van der Waals surface area (Å²) in [6, 6.07) is 0. The van der Waals surface area contributed by atoms with Crippen LogP contribution in [0.15, 0.2) is 12.4 Å². The quantitative estimate of drug-likeness (QED) is 0.811. The lowest BCUT2D eigenvalue weighted by Crippen LogP contribution is -2.25. The fraction of sp³-hybridized carbons (Fsp3) is 0.455. The van der Waals surface area contributed by atoms with Crippen LogP contribution >= 0.6 is 11.3 Å². The number of carbonyl (C=O) groups excluding carboxylic acids is 1. The second-order valence-electron chi connectivity index (χ2n) is 3.92. The van der Waals surface area contributed by atoms with Crippen molar-refractivity contribution in [1.82, 2.24) is 25.7 Å². The van der Waals surface area contributed by atoms with Crippen LogP contribution in [-0.4, -0.2) is 32.8 Å². The van der Waals surface area contributed by atoms with Gasteiger partial charge < -0.3 is 5.32 Å². The zero-order valence-corrected chi connectivity index (χ0v) is 11.0. The Morgan fingerprint density at radius 2 is 2.33 bits per heavy atom. The molecule has 96 valence electrons. The Morgan fingerprint density at radius 3 is 3.00 bits per heavy atom. The van der Waals surface area contributed by atoms with Crippen LogP contribution in [0, 0.1) is 6.92 Å². The molecule has 2 rings (SSSR count). The molecule has 2 N–H and O–H groups in total. The third-order valence-corrected chi connectivity index (χ3v) is 3.32. The Balaban J connectivity index is 1.63. The molecule has 0 saturated carbocycles. The lowest BCUT2D eigenvalue weighted by atomic mass is 10.2. The highest BCUT2D eigenvalue weighted by Gasteiger charge is 2.04. The zero-order chi connectivity index (χ0) is 12.8. The van der Waals surface area contributed by atoms with E-state index in [1.807, 2.05) is 6.92 Å². The Labute approximate surface area is 109 Å². The smallest absolute Gasteiger partial charge is 0.220 e. The van der Waals surface area contributed by atoms with Gasteiger partial charge in [-0.05, 0) is 18.9 Å². The van der Waals surface area contributed by atoms with Gasteiger partial charge in [-0.3, -0.25) is 9.89 Å². The second kappa shape index (κ2) is 6.25. The van der Waals surface area contributed by atoms with Gasteiger partial charge in [0.15, 0.2) is 0 Å². The number of aromatic amines is 1. The van der Waals surface area contributed by atoms with E-state index in [2.05, 4.69) is 25.7 Å². The Bertz CT molecular complexity index is 493. The number of nitrogens with one attached hydrogen (secondary N) is 2. The molecule has 0 aliphatic heterocycles. The second-order valence-corrected chi connectivity index (χ2v) is 5.19. The van der Waals surface area contributed by atoms with Crippen molar-refractivity contribution in [3.05, 3.63) is 28.0 Å². The number of amides is 1. The van der Waals surface area contributed by atoms with Crippen LogP contribution in [-0.2, 0) is 17.6 Å². The maximum absolute atomic E-state index is 11.6. The highest BCUT2D eigenvalue weighted by molar-refractivity contribution is 7.11. The lowest BCUT2D eigenvalue weighted by Gasteiger charge is -2.02. The first-order valence-corrected chi connectivity index (χ1v) is 6.59. The first-order chi connectivity index (χ1) is 8.74. The molecule has 0 bridgehead atoms. The molecule has 2 aromatic rings. The van der Waals surface area contributed by atoms with Crippen molar-refractivity contribution < 1.29 is 4.79 Å². The highest BCUT2D eigenvalue weighted by atomic mass is 32.1. The van der Waals surface area contributed by atoms with E-state index in [1.54, 1.807) is 23.7 Å². The van der Waals surface area contributed by atoms with Crippen LogP contribution in [0.4, 0.5) is 0 Å². The molecular formula is C11H15N5OS. The minimum absolute atomic E-state index is 0.0532. The zero-order valence-electron chi connectivity index (χ0n) is 10.1. The lowest BCUT2D eigenvalue weighted by molar-refractivity contribution is -0.121. The van der Waals surface area contributed by atoms with Crippen molar-refractivity contribution >= 4 is 17.2 Å². The fourth-order valence-corrected chi connectivity index (χ4v) is 2.22. The number of hydrogen-bond acceptors (Lipinski definition) is 5. The molecule has 0 saturated heterocycles. The number of aryl methyl sites for hydroxylation is 2. The van der Waals surface area contributed by atoms with Crippen LogP contribution in [0.1, 0.15) is 22.0 Å². The predicted molar refractivity (Wildman–Crippen MR) is 68.3 cm³/mol. The summed E-state index contributed by atoms with van der Waals surface area (Å²) in [7, 11) is 0. The number of nitrogens with zero attached hydrogens (tertiary/aromatic N) is 3. The molecule has 0 spiro atoms. The van der Waals surface area contributed by atoms with E-state index in [9.17, 15) is 4.79 Å². The summed E-state index contributed by atoms with van der Waals surface area (Å²) in [4.78, 5) is 11.6. The van der Waals surface area contributed by atoms with E-state index in [4.69, 9.17) is 0 Å². The van der Waals surface area contributed by atoms with Crippen LogP contribution < -0.4 is 5.32 Å². The summed E-state index contributed by atoms with van der Waals surface area (Å²) < 4.78 is 0. The minimum atomic E-state index is 0.0532. The Hall–Kier alpha value is -1.76. The normalized spacial score (nSPS) is 10.5. The Morgan fingerprint density at radius 1 is 1.44 bits per heavy atom. The van der Waals surface area contributed by atoms with Crippen molar-refractivity contribution in [3.8, 4) is 0 Å². The topological polar surface area (TPSA) is 83.6 Å². The molecule has 0 aliphatic rings. The summed E-state index contributed by atoms with van der Waals surface area (Å²) in [5.41, 5.74) is 1.05. The monoisotopic (exact) mass is 265 g/mol. The first kappa shape index (κ1) is 12.7. The molecule has 0 radical (unpaired) electrons. The SMILES string of the molecule is Cc1nnc(CCNC(=O)CCc2cn[nH]c2)s1. The molecule has 0 aromatic carbocycles. The molecule has 7 heteroatoms. The van der Waals surface area contributed by atoms with E-state index in [0.29, 0.717) is 19.4 Å². The molecule has 2 heterocycles. The molecule has 18 heavy (non-hydrogen) atoms. The van der Waals surface area contributed by atoms with Crippen LogP contribution in [0.3, 0.4) is 0 Å². The molecule has 0 fully saturated rings. The molecule has 1 amide bonds. The van der Waals surface area contributed by atoms with Gasteiger partial charge in [0.25, 0.3) is 0 Å². The largest absolute Gasteiger partial charge is 0.356 e. The third-order valence-electron chi connectivity index (χ3n) is 2.42. The number of rotatable bonds is 6. The minimum Gasteiger partial charge on any atom is -0.356 e. The van der Waals surface area contributed by atoms with Gasteiger partial charge in [0.2, 0.25) is 5.91 Å². The van der Waals surface area contributed by atoms with Crippen molar-refractivity contribution in [1.29, 1.82) is 0 Å². The van der Waals surface area contributed by atoms with Crippen molar-refractivity contribution in [2.45, 2.75) is 26.2 Å². The van der Waals surface area contributed by atoms with E-state index in [0.717, 1.165) is 22.0 Å². The van der Waals surface area contributed by atoms with E-state index in [1.165, 1.54) is 0 Å². The maximum atomic E-state index is 11.6. The molecule has 0 aliphatic carbocycles. The number of H-pyrrole nitrogens is 1. The standard InChI is InChI=1S/C11H15N5OS/c1-8-15-16-11(18-8)4-5-12-10(17)3-2-9-6-13-14-7-9/h6-7H,2-5H2,1H3,(H,12,17)(H,13,14). The van der Waals surface area contributed by atoms with E-state index < -0.39 is 0 Å². The number of hydrogen-bond donors (Lipinski definition) is 2. The van der Waals surface area contributed by atoms with Gasteiger partial charge in [0.1, 0.15) is 10.0 Å². The molecule has 0 unspecified atom stereocenters. The van der Waals surface area contributed by atoms with Crippen LogP contribution in [0.2, 0.25) is 0 Å². The molecule has 0 atom stereocenters. The third kappa shape index (κ3) is 3.92. The van der Waals surface area contributed by atoms with Gasteiger partial charge in [0.05, 0.1) is 6.20 Å². The van der Waals surface area contributed by atoms with Crippen LogP contribution in [0.25, 0.3) is 0 Å². The average molecular weight is 265 g/mol. The van der Waals surface area contributed by atoms with Gasteiger partial charge >= 0.3 is 0 Å². The molecule has 6 nitrogen and oxygen atoms in total. The van der Waals surface area contributed by atoms with Crippen molar-refractivity contribution in [3.63, 3.8) is 0 Å². The van der Waals surface area contributed by atoms with E-state index >= 15 is 0 Å². The predicted octanol–water partition coefficient (Wildman–Crippen LogP) is 0.861.